The SMILES string of the molecule is CCOC(=O)CN(C)CCC(=O)N(C)CCCN. The molecule has 1 amide bonds. The molecule has 6 heteroatoms. The van der Waals surface area contributed by atoms with Gasteiger partial charge in [0, 0.05) is 26.6 Å². The van der Waals surface area contributed by atoms with Gasteiger partial charge < -0.3 is 15.4 Å². The van der Waals surface area contributed by atoms with Crippen LogP contribution in [0.2, 0.25) is 0 Å². The lowest BCUT2D eigenvalue weighted by Gasteiger charge is -2.19. The Balaban J connectivity index is 3.80. The first kappa shape index (κ1) is 16.9. The van der Waals surface area contributed by atoms with Crippen molar-refractivity contribution < 1.29 is 14.3 Å². The summed E-state index contributed by atoms with van der Waals surface area (Å²) in [4.78, 5) is 26.4. The number of amides is 1. The zero-order valence-corrected chi connectivity index (χ0v) is 11.6. The van der Waals surface area contributed by atoms with Gasteiger partial charge in [-0.15, -0.1) is 0 Å². The molecule has 0 rings (SSSR count). The molecule has 0 bridgehead atoms. The van der Waals surface area contributed by atoms with Crippen LogP contribution in [-0.2, 0) is 14.3 Å². The van der Waals surface area contributed by atoms with Crippen LogP contribution >= 0.6 is 0 Å². The molecule has 0 saturated carbocycles. The normalized spacial score (nSPS) is 10.5. The van der Waals surface area contributed by atoms with Crippen LogP contribution in [-0.4, -0.2) is 68.6 Å². The zero-order valence-electron chi connectivity index (χ0n) is 11.6. The number of nitrogens with zero attached hydrogens (tertiary/aromatic N) is 2. The summed E-state index contributed by atoms with van der Waals surface area (Å²) >= 11 is 0. The van der Waals surface area contributed by atoms with Crippen LogP contribution in [0, 0.1) is 0 Å². The highest BCUT2D eigenvalue weighted by atomic mass is 16.5. The molecule has 0 aliphatic carbocycles. The van der Waals surface area contributed by atoms with E-state index in [0.717, 1.165) is 6.42 Å². The molecular weight excluding hydrogens is 234 g/mol. The molecule has 106 valence electrons. The predicted molar refractivity (Wildman–Crippen MR) is 70.1 cm³/mol. The van der Waals surface area contributed by atoms with Gasteiger partial charge in [0.2, 0.25) is 5.91 Å². The number of carbonyl (C=O) groups excluding carboxylic acids is 2. The standard InChI is InChI=1S/C12H25N3O3/c1-4-18-12(17)10-14(2)9-6-11(16)15(3)8-5-7-13/h4-10,13H2,1-3H3. The van der Waals surface area contributed by atoms with Gasteiger partial charge in [0.1, 0.15) is 0 Å². The summed E-state index contributed by atoms with van der Waals surface area (Å²) in [5, 5.41) is 0. The number of rotatable bonds is 9. The van der Waals surface area contributed by atoms with Crippen molar-refractivity contribution >= 4 is 11.9 Å². The first-order chi connectivity index (χ1) is 8.51. The number of esters is 1. The first-order valence-corrected chi connectivity index (χ1v) is 6.29. The smallest absolute Gasteiger partial charge is 0.320 e. The van der Waals surface area contributed by atoms with Gasteiger partial charge in [-0.25, -0.2) is 0 Å². The number of ether oxygens (including phenoxy) is 1. The van der Waals surface area contributed by atoms with E-state index in [1.807, 2.05) is 0 Å². The van der Waals surface area contributed by atoms with Gasteiger partial charge in [-0.2, -0.15) is 0 Å². The fraction of sp³-hybridized carbons (Fsp3) is 0.833. The molecule has 0 radical (unpaired) electrons. The summed E-state index contributed by atoms with van der Waals surface area (Å²) in [5.41, 5.74) is 5.38. The van der Waals surface area contributed by atoms with E-state index in [1.54, 1.807) is 30.8 Å². The maximum atomic E-state index is 11.7. The van der Waals surface area contributed by atoms with Crippen molar-refractivity contribution in [3.63, 3.8) is 0 Å². The fourth-order valence-corrected chi connectivity index (χ4v) is 1.44. The summed E-state index contributed by atoms with van der Waals surface area (Å²) in [5.74, 6) is -0.192. The van der Waals surface area contributed by atoms with E-state index in [-0.39, 0.29) is 18.4 Å². The van der Waals surface area contributed by atoms with Crippen LogP contribution < -0.4 is 5.73 Å². The van der Waals surface area contributed by atoms with E-state index in [9.17, 15) is 9.59 Å². The highest BCUT2D eigenvalue weighted by Crippen LogP contribution is 1.95. The van der Waals surface area contributed by atoms with Crippen molar-refractivity contribution in [1.29, 1.82) is 0 Å². The van der Waals surface area contributed by atoms with Crippen molar-refractivity contribution in [1.82, 2.24) is 9.80 Å². The number of hydrogen-bond donors (Lipinski definition) is 1. The Morgan fingerprint density at radius 2 is 1.89 bits per heavy atom. The van der Waals surface area contributed by atoms with Gasteiger partial charge in [-0.3, -0.25) is 14.5 Å². The average molecular weight is 259 g/mol. The van der Waals surface area contributed by atoms with E-state index >= 15 is 0 Å². The van der Waals surface area contributed by atoms with Gasteiger partial charge in [-0.1, -0.05) is 0 Å². The summed E-state index contributed by atoms with van der Waals surface area (Å²) < 4.78 is 4.83. The second kappa shape index (κ2) is 9.85. The van der Waals surface area contributed by atoms with Crippen LogP contribution in [0.1, 0.15) is 19.8 Å². The van der Waals surface area contributed by atoms with Gasteiger partial charge in [0.05, 0.1) is 13.2 Å². The molecule has 0 spiro atoms. The molecule has 6 nitrogen and oxygen atoms in total. The minimum absolute atomic E-state index is 0.0687. The Kier molecular flexibility index (Phi) is 9.22. The topological polar surface area (TPSA) is 75.9 Å². The molecule has 0 aromatic heterocycles. The molecule has 0 aliphatic heterocycles. The molecule has 0 fully saturated rings. The monoisotopic (exact) mass is 259 g/mol. The lowest BCUT2D eigenvalue weighted by atomic mass is 10.3. The van der Waals surface area contributed by atoms with Crippen LogP contribution in [0.25, 0.3) is 0 Å². The summed E-state index contributed by atoms with van der Waals surface area (Å²) in [6, 6.07) is 0. The summed E-state index contributed by atoms with van der Waals surface area (Å²) in [6.07, 6.45) is 1.21. The van der Waals surface area contributed by atoms with E-state index in [1.165, 1.54) is 0 Å². The Morgan fingerprint density at radius 3 is 2.44 bits per heavy atom. The molecule has 0 heterocycles. The molecule has 0 aliphatic rings. The van der Waals surface area contributed by atoms with Gasteiger partial charge >= 0.3 is 5.97 Å². The second-order valence-electron chi connectivity index (χ2n) is 4.25. The summed E-state index contributed by atoms with van der Waals surface area (Å²) in [6.45, 7) is 4.18. The highest BCUT2D eigenvalue weighted by molar-refractivity contribution is 5.76. The molecule has 0 aromatic rings. The maximum absolute atomic E-state index is 11.7. The highest BCUT2D eigenvalue weighted by Gasteiger charge is 2.11. The van der Waals surface area contributed by atoms with E-state index in [2.05, 4.69) is 0 Å². The minimum atomic E-state index is -0.260. The van der Waals surface area contributed by atoms with Crippen molar-refractivity contribution in [2.45, 2.75) is 19.8 Å². The van der Waals surface area contributed by atoms with Gasteiger partial charge in [-0.05, 0) is 26.9 Å². The molecule has 2 N–H and O–H groups in total. The quantitative estimate of drug-likeness (QED) is 0.574. The Labute approximate surface area is 109 Å². The van der Waals surface area contributed by atoms with Crippen LogP contribution in [0.3, 0.4) is 0 Å². The lowest BCUT2D eigenvalue weighted by Crippen LogP contribution is -2.34. The third kappa shape index (κ3) is 8.03. The van der Waals surface area contributed by atoms with Crippen LogP contribution in [0.4, 0.5) is 0 Å². The lowest BCUT2D eigenvalue weighted by molar-refractivity contribution is -0.144. The van der Waals surface area contributed by atoms with Crippen molar-refractivity contribution in [2.75, 3.05) is 46.9 Å². The molecule has 0 unspecified atom stereocenters. The van der Waals surface area contributed by atoms with Gasteiger partial charge in [0.15, 0.2) is 0 Å². The Bertz CT molecular complexity index is 259. The third-order valence-corrected chi connectivity index (χ3v) is 2.54. The van der Waals surface area contributed by atoms with Crippen molar-refractivity contribution in [3.05, 3.63) is 0 Å². The molecule has 0 aromatic carbocycles. The Hall–Kier alpha value is -1.14. The molecule has 18 heavy (non-hydrogen) atoms. The second-order valence-corrected chi connectivity index (χ2v) is 4.25. The van der Waals surface area contributed by atoms with Crippen molar-refractivity contribution in [3.8, 4) is 0 Å². The largest absolute Gasteiger partial charge is 0.465 e. The number of hydrogen-bond acceptors (Lipinski definition) is 5. The van der Waals surface area contributed by atoms with Crippen molar-refractivity contribution in [2.24, 2.45) is 5.73 Å². The van der Waals surface area contributed by atoms with E-state index < -0.39 is 0 Å². The third-order valence-electron chi connectivity index (χ3n) is 2.54. The van der Waals surface area contributed by atoms with E-state index in [0.29, 0.717) is 32.7 Å². The fourth-order valence-electron chi connectivity index (χ4n) is 1.44. The van der Waals surface area contributed by atoms with Crippen LogP contribution in [0.5, 0.6) is 0 Å². The zero-order chi connectivity index (χ0) is 14.0. The number of nitrogens with two attached hydrogens (primary N) is 1. The molecule has 0 saturated heterocycles. The van der Waals surface area contributed by atoms with E-state index in [4.69, 9.17) is 10.5 Å². The molecular formula is C12H25N3O3. The van der Waals surface area contributed by atoms with Gasteiger partial charge in [0.25, 0.3) is 0 Å². The minimum Gasteiger partial charge on any atom is -0.465 e. The van der Waals surface area contributed by atoms with Crippen LogP contribution in [0.15, 0.2) is 0 Å². The Morgan fingerprint density at radius 1 is 1.22 bits per heavy atom. The number of likely N-dealkylation sites (N-methyl/N-ethyl adjacent to an activating group) is 1. The first-order valence-electron chi connectivity index (χ1n) is 6.29. The maximum Gasteiger partial charge on any atom is 0.320 e. The average Bonchev–Trinajstić information content (AvgIpc) is 2.33. The number of carbonyl (C=O) groups is 2. The predicted octanol–water partition coefficient (Wildman–Crippen LogP) is -0.321. The molecule has 0 atom stereocenters. The summed E-state index contributed by atoms with van der Waals surface area (Å²) in [7, 11) is 3.56.